The zero-order chi connectivity index (χ0) is 19.3. The van der Waals surface area contributed by atoms with Crippen LogP contribution in [0, 0.1) is 5.92 Å². The van der Waals surface area contributed by atoms with Crippen LogP contribution in [0.25, 0.3) is 0 Å². The molecule has 0 amide bonds. The van der Waals surface area contributed by atoms with Crippen molar-refractivity contribution < 1.29 is 25.2 Å². The van der Waals surface area contributed by atoms with E-state index in [1.54, 1.807) is 13.8 Å². The number of carbonyl (C=O) groups is 1. The molecule has 0 aromatic heterocycles. The largest absolute Gasteiger partial charge is 0.481 e. The summed E-state index contributed by atoms with van der Waals surface area (Å²) in [6.07, 6.45) is 10.3. The van der Waals surface area contributed by atoms with Gasteiger partial charge in [0.1, 0.15) is 0 Å². The quantitative estimate of drug-likeness (QED) is 0.264. The molecule has 4 atom stereocenters. The van der Waals surface area contributed by atoms with Crippen LogP contribution in [0.15, 0.2) is 12.2 Å². The molecule has 25 heavy (non-hydrogen) atoms. The van der Waals surface area contributed by atoms with Gasteiger partial charge < -0.3 is 20.4 Å². The summed E-state index contributed by atoms with van der Waals surface area (Å²) in [6.45, 7) is 5.37. The Balaban J connectivity index is 4.04. The molecule has 0 aliphatic heterocycles. The maximum atomic E-state index is 10.8. The highest BCUT2D eigenvalue weighted by molar-refractivity contribution is 5.69. The minimum absolute atomic E-state index is 0.289. The van der Waals surface area contributed by atoms with Crippen LogP contribution in [0.3, 0.4) is 0 Å². The third-order valence-electron chi connectivity index (χ3n) is 4.66. The molecule has 0 aliphatic rings. The van der Waals surface area contributed by atoms with Crippen molar-refractivity contribution in [3.63, 3.8) is 0 Å². The first-order valence-electron chi connectivity index (χ1n) is 9.70. The maximum absolute atomic E-state index is 10.8. The molecule has 0 saturated heterocycles. The minimum Gasteiger partial charge on any atom is -0.481 e. The lowest BCUT2D eigenvalue weighted by atomic mass is 9.93. The van der Waals surface area contributed by atoms with Crippen molar-refractivity contribution in [1.82, 2.24) is 0 Å². The lowest BCUT2D eigenvalue weighted by Crippen LogP contribution is -2.27. The van der Waals surface area contributed by atoms with E-state index in [9.17, 15) is 20.1 Å². The molecule has 0 aliphatic carbocycles. The smallest absolute Gasteiger partial charge is 0.306 e. The van der Waals surface area contributed by atoms with Crippen LogP contribution >= 0.6 is 0 Å². The van der Waals surface area contributed by atoms with Crippen molar-refractivity contribution in [1.29, 1.82) is 0 Å². The molecule has 0 radical (unpaired) electrons. The predicted molar refractivity (Wildman–Crippen MR) is 100 cm³/mol. The van der Waals surface area contributed by atoms with Crippen LogP contribution in [0.1, 0.15) is 85.0 Å². The summed E-state index contributed by atoms with van der Waals surface area (Å²) in [5.41, 5.74) is -1.19. The van der Waals surface area contributed by atoms with Gasteiger partial charge in [0, 0.05) is 0 Å². The van der Waals surface area contributed by atoms with Gasteiger partial charge in [-0.2, -0.15) is 0 Å². The molecule has 5 nitrogen and oxygen atoms in total. The van der Waals surface area contributed by atoms with E-state index in [4.69, 9.17) is 5.11 Å². The van der Waals surface area contributed by atoms with Gasteiger partial charge in [0.25, 0.3) is 0 Å². The van der Waals surface area contributed by atoms with Gasteiger partial charge in [0.2, 0.25) is 0 Å². The van der Waals surface area contributed by atoms with E-state index in [1.165, 1.54) is 37.8 Å². The number of carboxylic acids is 1. The van der Waals surface area contributed by atoms with Gasteiger partial charge in [-0.3, -0.25) is 4.79 Å². The fourth-order valence-corrected chi connectivity index (χ4v) is 2.63. The highest BCUT2D eigenvalue weighted by Crippen LogP contribution is 2.19. The lowest BCUT2D eigenvalue weighted by molar-refractivity contribution is -0.141. The number of aliphatic hydroxyl groups is 3. The molecule has 0 spiro atoms. The SMILES string of the molecule is CCCCCCCCCC(O)C(O)/C=C/C(C)(O)CCC(C)C(=O)O. The molecule has 5 heteroatoms. The highest BCUT2D eigenvalue weighted by atomic mass is 16.4. The second-order valence-electron chi connectivity index (χ2n) is 7.46. The second-order valence-corrected chi connectivity index (χ2v) is 7.46. The van der Waals surface area contributed by atoms with E-state index in [0.29, 0.717) is 12.8 Å². The first-order valence-corrected chi connectivity index (χ1v) is 9.70. The highest BCUT2D eigenvalue weighted by Gasteiger charge is 2.21. The van der Waals surface area contributed by atoms with Gasteiger partial charge in [0.15, 0.2) is 0 Å². The fraction of sp³-hybridized carbons (Fsp3) is 0.850. The Hall–Kier alpha value is -0.910. The van der Waals surface area contributed by atoms with Crippen LogP contribution in [0.2, 0.25) is 0 Å². The van der Waals surface area contributed by atoms with Crippen molar-refractivity contribution in [2.45, 2.75) is 103 Å². The van der Waals surface area contributed by atoms with Crippen LogP contribution < -0.4 is 0 Å². The standard InChI is InChI=1S/C20H38O5/c1-4-5-6-7-8-9-10-11-17(21)18(22)13-15-20(3,25)14-12-16(2)19(23)24/h13,15-18,21-22,25H,4-12,14H2,1-3H3,(H,23,24)/b15-13+. The van der Waals surface area contributed by atoms with Crippen LogP contribution in [-0.4, -0.2) is 44.2 Å². The molecular weight excluding hydrogens is 320 g/mol. The number of carboxylic acid groups (broad SMARTS) is 1. The van der Waals surface area contributed by atoms with E-state index in [0.717, 1.165) is 19.3 Å². The average Bonchev–Trinajstić information content (AvgIpc) is 2.56. The van der Waals surface area contributed by atoms with E-state index >= 15 is 0 Å². The Morgan fingerprint density at radius 3 is 2.16 bits per heavy atom. The fourth-order valence-electron chi connectivity index (χ4n) is 2.63. The van der Waals surface area contributed by atoms with Gasteiger partial charge in [-0.15, -0.1) is 0 Å². The van der Waals surface area contributed by atoms with Crippen LogP contribution in [-0.2, 0) is 4.79 Å². The third-order valence-corrected chi connectivity index (χ3v) is 4.66. The molecule has 0 bridgehead atoms. The first kappa shape index (κ1) is 24.1. The number of aliphatic hydroxyl groups excluding tert-OH is 2. The van der Waals surface area contributed by atoms with Crippen LogP contribution in [0.5, 0.6) is 0 Å². The number of hydrogen-bond acceptors (Lipinski definition) is 4. The van der Waals surface area contributed by atoms with Crippen molar-refractivity contribution in [2.24, 2.45) is 5.92 Å². The predicted octanol–water partition coefficient (Wildman–Crippen LogP) is 3.66. The molecule has 0 rings (SSSR count). The number of rotatable bonds is 15. The van der Waals surface area contributed by atoms with Crippen molar-refractivity contribution >= 4 is 5.97 Å². The van der Waals surface area contributed by atoms with Gasteiger partial charge in [0.05, 0.1) is 23.7 Å². The van der Waals surface area contributed by atoms with Crippen molar-refractivity contribution in [3.05, 3.63) is 12.2 Å². The van der Waals surface area contributed by atoms with Gasteiger partial charge in [-0.05, 0) is 26.2 Å². The molecule has 0 aromatic carbocycles. The monoisotopic (exact) mass is 358 g/mol. The molecule has 0 fully saturated rings. The normalized spacial score (nSPS) is 18.0. The zero-order valence-electron chi connectivity index (χ0n) is 16.2. The Morgan fingerprint density at radius 2 is 1.60 bits per heavy atom. The molecule has 4 N–H and O–H groups in total. The summed E-state index contributed by atoms with van der Waals surface area (Å²) in [5.74, 6) is -1.40. The summed E-state index contributed by atoms with van der Waals surface area (Å²) >= 11 is 0. The Morgan fingerprint density at radius 1 is 1.04 bits per heavy atom. The van der Waals surface area contributed by atoms with Gasteiger partial charge >= 0.3 is 5.97 Å². The van der Waals surface area contributed by atoms with Crippen molar-refractivity contribution in [2.75, 3.05) is 0 Å². The Bertz CT molecular complexity index is 378. The average molecular weight is 359 g/mol. The maximum Gasteiger partial charge on any atom is 0.306 e. The summed E-state index contributed by atoms with van der Waals surface area (Å²) < 4.78 is 0. The number of unbranched alkanes of at least 4 members (excludes halogenated alkanes) is 6. The topological polar surface area (TPSA) is 98.0 Å². The molecule has 0 aromatic rings. The zero-order valence-corrected chi connectivity index (χ0v) is 16.2. The molecule has 4 unspecified atom stereocenters. The molecule has 0 heterocycles. The minimum atomic E-state index is -1.19. The number of hydrogen-bond donors (Lipinski definition) is 4. The first-order chi connectivity index (χ1) is 11.7. The number of aliphatic carboxylic acids is 1. The molecule has 0 saturated carbocycles. The lowest BCUT2D eigenvalue weighted by Gasteiger charge is -2.21. The van der Waals surface area contributed by atoms with E-state index in [1.807, 2.05) is 0 Å². The van der Waals surface area contributed by atoms with Gasteiger partial charge in [-0.25, -0.2) is 0 Å². The summed E-state index contributed by atoms with van der Waals surface area (Å²) in [4.78, 5) is 10.8. The van der Waals surface area contributed by atoms with Gasteiger partial charge in [-0.1, -0.05) is 70.9 Å². The van der Waals surface area contributed by atoms with Crippen molar-refractivity contribution in [3.8, 4) is 0 Å². The Kier molecular flexibility index (Phi) is 12.8. The summed E-state index contributed by atoms with van der Waals surface area (Å²) in [6, 6.07) is 0. The van der Waals surface area contributed by atoms with E-state index in [-0.39, 0.29) is 6.42 Å². The Labute approximate surface area is 152 Å². The summed E-state index contributed by atoms with van der Waals surface area (Å²) in [5, 5.41) is 39.0. The second kappa shape index (κ2) is 13.3. The van der Waals surface area contributed by atoms with Crippen LogP contribution in [0.4, 0.5) is 0 Å². The van der Waals surface area contributed by atoms with E-state index < -0.39 is 29.7 Å². The van der Waals surface area contributed by atoms with E-state index in [2.05, 4.69) is 6.92 Å². The molecular formula is C20H38O5. The summed E-state index contributed by atoms with van der Waals surface area (Å²) in [7, 11) is 0. The third kappa shape index (κ3) is 13.0. The molecule has 148 valence electrons.